The van der Waals surface area contributed by atoms with Gasteiger partial charge in [0.1, 0.15) is 25.4 Å². The third kappa shape index (κ3) is 95.4. The van der Waals surface area contributed by atoms with Gasteiger partial charge in [0.05, 0.1) is 26.4 Å². The Kier molecular flexibility index (Phi) is 90.1. The molecule has 0 aromatic carbocycles. The number of phosphoric acid groups is 2. The Morgan fingerprint density at radius 2 is 0.438 bits per heavy atom. The van der Waals surface area contributed by atoms with Crippen LogP contribution in [-0.2, 0) is 55.8 Å². The number of esters is 3. The van der Waals surface area contributed by atoms with Gasteiger partial charge < -0.3 is 34.2 Å². The summed E-state index contributed by atoms with van der Waals surface area (Å²) in [5.41, 5.74) is 0. The molecule has 0 rings (SSSR count). The van der Waals surface area contributed by atoms with Crippen molar-refractivity contribution in [3.8, 4) is 0 Å². The van der Waals surface area contributed by atoms with Crippen molar-refractivity contribution in [2.24, 2.45) is 0 Å². The molecule has 5 unspecified atom stereocenters. The van der Waals surface area contributed by atoms with Gasteiger partial charge in [0.2, 0.25) is 0 Å². The summed E-state index contributed by atoms with van der Waals surface area (Å²) in [7, 11) is -9.82. The van der Waals surface area contributed by atoms with E-state index in [2.05, 4.69) is 191 Å². The van der Waals surface area contributed by atoms with E-state index in [-0.39, 0.29) is 19.3 Å². The molecule has 0 aliphatic carbocycles. The van der Waals surface area contributed by atoms with Gasteiger partial charge in [0.25, 0.3) is 0 Å². The number of hydrogen-bond donors (Lipinski definition) is 4. The number of aliphatic hydroxyl groups is 2. The second kappa shape index (κ2) is 94.1. The number of unbranched alkanes of at least 4 members (excludes halogenated alkanes) is 40. The van der Waals surface area contributed by atoms with E-state index >= 15 is 0 Å². The first-order valence-corrected chi connectivity index (χ1v) is 51.4. The smallest absolute Gasteiger partial charge is 0.463 e. The van der Waals surface area contributed by atoms with Crippen LogP contribution < -0.4 is 0 Å². The molecule has 5 atom stereocenters. The quantitative estimate of drug-likeness (QED) is 0.0146. The number of carbonyl (C=O) groups is 3. The normalized spacial score (nSPS) is 14.5. The summed E-state index contributed by atoms with van der Waals surface area (Å²) in [6.45, 7) is 2.48. The number of aliphatic hydroxyl groups excluding tert-OH is 2. The number of allylic oxidation sites excluding steroid dienone is 28. The molecule has 4 N–H and O–H groups in total. The summed E-state index contributed by atoms with van der Waals surface area (Å²) < 4.78 is 61.6. The van der Waals surface area contributed by atoms with E-state index < -0.39 is 91.5 Å². The minimum atomic E-state index is -4.95. The van der Waals surface area contributed by atoms with Gasteiger partial charge in [-0.25, -0.2) is 9.13 Å². The molecule has 0 bridgehead atoms. The Balaban J connectivity index is 4.65. The minimum Gasteiger partial charge on any atom is -0.463 e. The summed E-state index contributed by atoms with van der Waals surface area (Å²) in [6, 6.07) is 0. The van der Waals surface area contributed by atoms with Crippen molar-refractivity contribution in [1.29, 1.82) is 0 Å². The van der Waals surface area contributed by atoms with Crippen LogP contribution in [0.2, 0.25) is 0 Å². The Labute approximate surface area is 739 Å². The first-order valence-electron chi connectivity index (χ1n) is 48.4. The van der Waals surface area contributed by atoms with Crippen molar-refractivity contribution in [3.05, 3.63) is 170 Å². The largest absolute Gasteiger partial charge is 0.472 e. The molecule has 0 aliphatic heterocycles. The average molecular weight is 1730 g/mol. The first kappa shape index (κ1) is 116. The van der Waals surface area contributed by atoms with E-state index in [0.717, 1.165) is 173 Å². The first-order chi connectivity index (χ1) is 59.2. The van der Waals surface area contributed by atoms with Crippen LogP contribution in [-0.4, -0.2) is 95.9 Å². The average Bonchev–Trinajstić information content (AvgIpc) is 0.907. The van der Waals surface area contributed by atoms with Crippen LogP contribution in [0.15, 0.2) is 170 Å². The number of hydrogen-bond acceptors (Lipinski definition) is 14. The zero-order valence-electron chi connectivity index (χ0n) is 76.6. The molecule has 0 heterocycles. The molecule has 694 valence electrons. The summed E-state index contributed by atoms with van der Waals surface area (Å²) >= 11 is 0. The van der Waals surface area contributed by atoms with Crippen molar-refractivity contribution in [2.75, 3.05) is 39.6 Å². The van der Waals surface area contributed by atoms with Crippen LogP contribution in [0.4, 0.5) is 0 Å². The van der Waals surface area contributed by atoms with E-state index in [4.69, 9.17) is 32.3 Å². The molecule has 121 heavy (non-hydrogen) atoms. The lowest BCUT2D eigenvalue weighted by Crippen LogP contribution is -2.30. The fraction of sp³-hybridized carbons (Fsp3) is 0.699. The standard InChI is InChI=1S/C103H176O16P2/c1-4-7-10-13-16-19-22-25-28-31-34-37-40-43-46-48-51-53-56-59-62-65-68-71-74-77-80-83-86-89-101(106)113-92-98(104)93-115-120(109,110)116-94-99(105)95-117-121(111,112)118-97-100(119-103(108)91-88-85-82-79-76-73-70-67-64-61-58-55-50-45-42-39-36-33-30-27-24-21-18-15-12-9-6-3)96-114-102(107)90-87-84-81-78-75-72-69-66-63-60-57-54-52-49-47-44-41-38-35-32-29-26-23-20-17-14-11-8-5-2/h7-8,10-11,16-21,25-30,34-39,43-47,50,98-100,104-105H,4-6,9,12-15,22-24,31-33,40-42,48-49,51-97H2,1-3H3,(H,109,110)(H,111,112)/b10-7-,11-8-,19-16-,20-17-,21-18-,28-25-,29-26-,30-27-,37-34-,38-35-,39-36-,46-43-,47-44-,50-45-. The van der Waals surface area contributed by atoms with E-state index in [9.17, 15) is 43.5 Å². The summed E-state index contributed by atoms with van der Waals surface area (Å²) in [5.74, 6) is -1.57. The Hall–Kier alpha value is -5.09. The number of phosphoric ester groups is 2. The lowest BCUT2D eigenvalue weighted by molar-refractivity contribution is -0.161. The molecule has 0 amide bonds. The Morgan fingerprint density at radius 3 is 0.694 bits per heavy atom. The topological polar surface area (TPSA) is 231 Å². The fourth-order valence-corrected chi connectivity index (χ4v) is 14.7. The van der Waals surface area contributed by atoms with E-state index in [1.165, 1.54) is 173 Å². The van der Waals surface area contributed by atoms with Gasteiger partial charge in [0, 0.05) is 19.3 Å². The maximum Gasteiger partial charge on any atom is 0.472 e. The second-order valence-electron chi connectivity index (χ2n) is 32.1. The van der Waals surface area contributed by atoms with Crippen LogP contribution in [0.5, 0.6) is 0 Å². The van der Waals surface area contributed by atoms with Gasteiger partial charge in [-0.3, -0.25) is 32.5 Å². The zero-order chi connectivity index (χ0) is 87.9. The molecule has 0 saturated heterocycles. The molecule has 18 heteroatoms. The summed E-state index contributed by atoms with van der Waals surface area (Å²) in [5, 5.41) is 20.8. The van der Waals surface area contributed by atoms with E-state index in [0.29, 0.717) is 19.3 Å². The molecule has 0 aromatic rings. The predicted octanol–water partition coefficient (Wildman–Crippen LogP) is 30.2. The molecule has 0 fully saturated rings. The highest BCUT2D eigenvalue weighted by Crippen LogP contribution is 2.45. The maximum atomic E-state index is 13.1. The maximum absolute atomic E-state index is 13.1. The summed E-state index contributed by atoms with van der Waals surface area (Å²) in [6.07, 6.45) is 122. The van der Waals surface area contributed by atoms with E-state index in [1.54, 1.807) is 0 Å². The van der Waals surface area contributed by atoms with Gasteiger partial charge in [0.15, 0.2) is 6.10 Å². The highest BCUT2D eigenvalue weighted by Gasteiger charge is 2.30. The molecule has 0 saturated carbocycles. The number of rotatable bonds is 91. The predicted molar refractivity (Wildman–Crippen MR) is 509 cm³/mol. The van der Waals surface area contributed by atoms with Crippen molar-refractivity contribution < 1.29 is 75.8 Å². The lowest BCUT2D eigenvalue weighted by Gasteiger charge is -2.21. The molecule has 0 radical (unpaired) electrons. The van der Waals surface area contributed by atoms with Crippen LogP contribution in [0.1, 0.15) is 406 Å². The van der Waals surface area contributed by atoms with Crippen molar-refractivity contribution in [3.63, 3.8) is 0 Å². The monoisotopic (exact) mass is 1730 g/mol. The van der Waals surface area contributed by atoms with Gasteiger partial charge in [-0.2, -0.15) is 0 Å². The van der Waals surface area contributed by atoms with Crippen molar-refractivity contribution >= 4 is 33.6 Å². The molecule has 0 aromatic heterocycles. The third-order valence-electron chi connectivity index (χ3n) is 20.4. The van der Waals surface area contributed by atoms with Gasteiger partial charge >= 0.3 is 33.6 Å². The fourth-order valence-electron chi connectivity index (χ4n) is 13.1. The second-order valence-corrected chi connectivity index (χ2v) is 35.0. The minimum absolute atomic E-state index is 0.0973. The Morgan fingerprint density at radius 1 is 0.240 bits per heavy atom. The Bertz CT molecular complexity index is 2880. The summed E-state index contributed by atoms with van der Waals surface area (Å²) in [4.78, 5) is 59.1. The molecule has 0 aliphatic rings. The van der Waals surface area contributed by atoms with Crippen molar-refractivity contribution in [1.82, 2.24) is 0 Å². The third-order valence-corrected chi connectivity index (χ3v) is 22.3. The van der Waals surface area contributed by atoms with Crippen LogP contribution in [0, 0.1) is 0 Å². The van der Waals surface area contributed by atoms with Gasteiger partial charge in [-0.1, -0.05) is 403 Å². The molecular formula is C103H176O16P2. The SMILES string of the molecule is CC/C=C\C/C=C\C/C=C\C/C=C\C/C=C\CCCCCCCCCCCCCCCC(=O)OCC(O)COP(=O)(O)OCC(O)COP(=O)(O)OCC(COC(=O)CCCCCCCCCCCCCCC/C=C\C/C=C\C/C=C\C/C=C\C/C=C\CC)OC(=O)CCCCCCCCCCCCC/C=C\C/C=C\C/C=C\C/C=C\CCCCC. The van der Waals surface area contributed by atoms with Gasteiger partial charge in [-0.05, 0) is 154 Å². The molecule has 0 spiro atoms. The van der Waals surface area contributed by atoms with Crippen LogP contribution >= 0.6 is 15.6 Å². The molecular weight excluding hydrogens is 1560 g/mol. The van der Waals surface area contributed by atoms with E-state index in [1.807, 2.05) is 0 Å². The molecule has 16 nitrogen and oxygen atoms in total. The highest BCUT2D eigenvalue weighted by molar-refractivity contribution is 7.47. The number of carbonyl (C=O) groups excluding carboxylic acids is 3. The lowest BCUT2D eigenvalue weighted by atomic mass is 10.0. The zero-order valence-corrected chi connectivity index (χ0v) is 78.4. The van der Waals surface area contributed by atoms with Crippen molar-refractivity contribution in [2.45, 2.75) is 424 Å². The van der Waals surface area contributed by atoms with Crippen LogP contribution in [0.25, 0.3) is 0 Å². The number of ether oxygens (including phenoxy) is 3. The van der Waals surface area contributed by atoms with Crippen LogP contribution in [0.3, 0.4) is 0 Å². The van der Waals surface area contributed by atoms with Gasteiger partial charge in [-0.15, -0.1) is 0 Å². The highest BCUT2D eigenvalue weighted by atomic mass is 31.2.